The number of benzene rings is 1. The topological polar surface area (TPSA) is 64.7 Å². The van der Waals surface area contributed by atoms with Gasteiger partial charge in [-0.15, -0.1) is 0 Å². The SMILES string of the molecule is Nc1ncc2nc(-c3ccc(Cl)c(Cl)c3)ccc2n1. The van der Waals surface area contributed by atoms with E-state index in [1.165, 1.54) is 0 Å². The molecule has 3 aromatic rings. The number of aromatic nitrogens is 3. The van der Waals surface area contributed by atoms with Crippen molar-refractivity contribution < 1.29 is 0 Å². The first-order valence-corrected chi connectivity index (χ1v) is 6.24. The van der Waals surface area contributed by atoms with Gasteiger partial charge >= 0.3 is 0 Å². The Balaban J connectivity index is 2.14. The summed E-state index contributed by atoms with van der Waals surface area (Å²) in [7, 11) is 0. The van der Waals surface area contributed by atoms with Crippen LogP contribution in [-0.2, 0) is 0 Å². The molecular weight excluding hydrogens is 283 g/mol. The van der Waals surface area contributed by atoms with Crippen LogP contribution in [0.25, 0.3) is 22.3 Å². The van der Waals surface area contributed by atoms with Crippen molar-refractivity contribution in [3.8, 4) is 11.3 Å². The second-order valence-corrected chi connectivity index (χ2v) is 4.77. The van der Waals surface area contributed by atoms with Crippen molar-refractivity contribution in [3.05, 3.63) is 46.6 Å². The molecule has 2 aromatic heterocycles. The summed E-state index contributed by atoms with van der Waals surface area (Å²) < 4.78 is 0. The minimum atomic E-state index is 0.233. The number of anilines is 1. The van der Waals surface area contributed by atoms with Crippen LogP contribution in [0.4, 0.5) is 5.95 Å². The molecule has 0 unspecified atom stereocenters. The van der Waals surface area contributed by atoms with Crippen LogP contribution in [-0.4, -0.2) is 15.0 Å². The quantitative estimate of drug-likeness (QED) is 0.744. The molecule has 0 atom stereocenters. The Kier molecular flexibility index (Phi) is 2.97. The Morgan fingerprint density at radius 1 is 0.895 bits per heavy atom. The van der Waals surface area contributed by atoms with Gasteiger partial charge in [-0.1, -0.05) is 29.3 Å². The molecule has 0 amide bonds. The fourth-order valence-electron chi connectivity index (χ4n) is 1.75. The molecule has 1 aromatic carbocycles. The van der Waals surface area contributed by atoms with Crippen molar-refractivity contribution >= 4 is 40.2 Å². The van der Waals surface area contributed by atoms with Crippen LogP contribution in [0.2, 0.25) is 10.0 Å². The highest BCUT2D eigenvalue weighted by Gasteiger charge is 2.05. The number of nitrogen functional groups attached to an aromatic ring is 1. The molecule has 0 spiro atoms. The van der Waals surface area contributed by atoms with Gasteiger partial charge in [-0.25, -0.2) is 15.0 Å². The number of hydrogen-bond acceptors (Lipinski definition) is 4. The molecule has 0 aliphatic rings. The first kappa shape index (κ1) is 12.1. The monoisotopic (exact) mass is 290 g/mol. The molecule has 4 nitrogen and oxygen atoms in total. The molecule has 6 heteroatoms. The van der Waals surface area contributed by atoms with Gasteiger partial charge in [0, 0.05) is 5.56 Å². The molecule has 0 fully saturated rings. The number of nitrogens with zero attached hydrogens (tertiary/aromatic N) is 3. The standard InChI is InChI=1S/C13H8Cl2N4/c14-8-2-1-7(5-9(8)15)10-3-4-11-12(18-10)6-17-13(16)19-11/h1-6H,(H2,16,17,19). The largest absolute Gasteiger partial charge is 0.368 e. The van der Waals surface area contributed by atoms with Crippen molar-refractivity contribution in [2.24, 2.45) is 0 Å². The molecule has 2 heterocycles. The molecule has 0 aliphatic carbocycles. The maximum atomic E-state index is 6.00. The van der Waals surface area contributed by atoms with E-state index in [1.807, 2.05) is 18.2 Å². The van der Waals surface area contributed by atoms with E-state index in [0.29, 0.717) is 21.1 Å². The van der Waals surface area contributed by atoms with Gasteiger partial charge in [0.05, 0.1) is 27.5 Å². The van der Waals surface area contributed by atoms with E-state index in [1.54, 1.807) is 18.3 Å². The molecule has 94 valence electrons. The molecule has 0 saturated carbocycles. The van der Waals surface area contributed by atoms with Gasteiger partial charge in [0.25, 0.3) is 0 Å². The van der Waals surface area contributed by atoms with Crippen LogP contribution in [0.15, 0.2) is 36.5 Å². The average molecular weight is 291 g/mol. The second-order valence-electron chi connectivity index (χ2n) is 3.96. The van der Waals surface area contributed by atoms with Crippen LogP contribution >= 0.6 is 23.2 Å². The predicted octanol–water partition coefficient (Wildman–Crippen LogP) is 3.58. The fourth-order valence-corrected chi connectivity index (χ4v) is 2.05. The average Bonchev–Trinajstić information content (AvgIpc) is 2.41. The van der Waals surface area contributed by atoms with Gasteiger partial charge in [0.15, 0.2) is 0 Å². The molecule has 0 bridgehead atoms. The van der Waals surface area contributed by atoms with Crippen molar-refractivity contribution in [2.75, 3.05) is 5.73 Å². The Hall–Kier alpha value is -1.91. The lowest BCUT2D eigenvalue weighted by Gasteiger charge is -2.04. The van der Waals surface area contributed by atoms with Crippen LogP contribution in [0.5, 0.6) is 0 Å². The van der Waals surface area contributed by atoms with Crippen molar-refractivity contribution in [3.63, 3.8) is 0 Å². The highest BCUT2D eigenvalue weighted by Crippen LogP contribution is 2.28. The predicted molar refractivity (Wildman–Crippen MR) is 77.2 cm³/mol. The number of rotatable bonds is 1. The minimum absolute atomic E-state index is 0.233. The zero-order valence-electron chi connectivity index (χ0n) is 9.64. The van der Waals surface area contributed by atoms with E-state index < -0.39 is 0 Å². The molecule has 0 saturated heterocycles. The van der Waals surface area contributed by atoms with Gasteiger partial charge in [-0.05, 0) is 24.3 Å². The smallest absolute Gasteiger partial charge is 0.220 e. The van der Waals surface area contributed by atoms with Crippen molar-refractivity contribution in [1.29, 1.82) is 0 Å². The van der Waals surface area contributed by atoms with Gasteiger partial charge in [0.2, 0.25) is 5.95 Å². The van der Waals surface area contributed by atoms with E-state index in [9.17, 15) is 0 Å². The Morgan fingerprint density at radius 3 is 2.53 bits per heavy atom. The number of fused-ring (bicyclic) bond motifs is 1. The van der Waals surface area contributed by atoms with E-state index in [0.717, 1.165) is 11.3 Å². The molecule has 3 rings (SSSR count). The Bertz CT molecular complexity index is 774. The lowest BCUT2D eigenvalue weighted by Crippen LogP contribution is -1.95. The van der Waals surface area contributed by atoms with Gasteiger partial charge < -0.3 is 5.73 Å². The molecular formula is C13H8Cl2N4. The number of pyridine rings is 1. The lowest BCUT2D eigenvalue weighted by atomic mass is 10.1. The summed E-state index contributed by atoms with van der Waals surface area (Å²) in [5, 5.41) is 1.01. The zero-order valence-corrected chi connectivity index (χ0v) is 11.2. The normalized spacial score (nSPS) is 10.8. The second kappa shape index (κ2) is 4.64. The van der Waals surface area contributed by atoms with Crippen LogP contribution < -0.4 is 5.73 Å². The van der Waals surface area contributed by atoms with Crippen LogP contribution in [0.1, 0.15) is 0 Å². The Labute approximate surface area is 119 Å². The first-order valence-electron chi connectivity index (χ1n) is 5.48. The van der Waals surface area contributed by atoms with Crippen molar-refractivity contribution in [1.82, 2.24) is 15.0 Å². The molecule has 2 N–H and O–H groups in total. The summed E-state index contributed by atoms with van der Waals surface area (Å²) in [6.45, 7) is 0. The Morgan fingerprint density at radius 2 is 1.74 bits per heavy atom. The lowest BCUT2D eigenvalue weighted by molar-refractivity contribution is 1.21. The summed E-state index contributed by atoms with van der Waals surface area (Å²) in [6, 6.07) is 9.08. The van der Waals surface area contributed by atoms with Crippen LogP contribution in [0.3, 0.4) is 0 Å². The maximum Gasteiger partial charge on any atom is 0.220 e. The fraction of sp³-hybridized carbons (Fsp3) is 0. The van der Waals surface area contributed by atoms with Gasteiger partial charge in [-0.2, -0.15) is 0 Å². The zero-order chi connectivity index (χ0) is 13.4. The molecule has 19 heavy (non-hydrogen) atoms. The summed E-state index contributed by atoms with van der Waals surface area (Å²) in [6.07, 6.45) is 1.60. The maximum absolute atomic E-state index is 6.00. The summed E-state index contributed by atoms with van der Waals surface area (Å²) in [5.41, 5.74) is 8.57. The molecule has 0 radical (unpaired) electrons. The van der Waals surface area contributed by atoms with Gasteiger partial charge in [0.1, 0.15) is 5.52 Å². The first-order chi connectivity index (χ1) is 9.13. The third kappa shape index (κ3) is 2.32. The van der Waals surface area contributed by atoms with E-state index >= 15 is 0 Å². The number of hydrogen-bond donors (Lipinski definition) is 1. The minimum Gasteiger partial charge on any atom is -0.368 e. The summed E-state index contributed by atoms with van der Waals surface area (Å²) in [5.74, 6) is 0.233. The number of halogens is 2. The molecule has 0 aliphatic heterocycles. The highest BCUT2D eigenvalue weighted by atomic mass is 35.5. The highest BCUT2D eigenvalue weighted by molar-refractivity contribution is 6.42. The summed E-state index contributed by atoms with van der Waals surface area (Å²) in [4.78, 5) is 12.5. The van der Waals surface area contributed by atoms with E-state index in [4.69, 9.17) is 28.9 Å². The van der Waals surface area contributed by atoms with Crippen LogP contribution in [0, 0.1) is 0 Å². The third-order valence-electron chi connectivity index (χ3n) is 2.67. The van der Waals surface area contributed by atoms with E-state index in [-0.39, 0.29) is 5.95 Å². The van der Waals surface area contributed by atoms with E-state index in [2.05, 4.69) is 15.0 Å². The summed E-state index contributed by atoms with van der Waals surface area (Å²) >= 11 is 11.9. The van der Waals surface area contributed by atoms with Gasteiger partial charge in [-0.3, -0.25) is 0 Å². The number of nitrogens with two attached hydrogens (primary N) is 1. The van der Waals surface area contributed by atoms with Crippen molar-refractivity contribution in [2.45, 2.75) is 0 Å². The third-order valence-corrected chi connectivity index (χ3v) is 3.41.